The molecule has 0 aliphatic heterocycles. The van der Waals surface area contributed by atoms with Crippen LogP contribution in [0.1, 0.15) is 40.0 Å². The first-order valence-electron chi connectivity index (χ1n) is 5.96. The molecule has 0 saturated carbocycles. The molecule has 0 saturated heterocycles. The number of benzene rings is 1. The molecule has 0 N–H and O–H groups in total. The fourth-order valence-electron chi connectivity index (χ4n) is 1.89. The molecule has 0 radical (unpaired) electrons. The normalized spacial score (nSPS) is 11.2. The molecule has 0 amide bonds. The summed E-state index contributed by atoms with van der Waals surface area (Å²) in [6.07, 6.45) is 2.48. The van der Waals surface area contributed by atoms with Crippen molar-refractivity contribution in [1.29, 1.82) is 0 Å². The zero-order valence-electron chi connectivity index (χ0n) is 10.3. The molecular weight excluding hydrogens is 200 g/mol. The van der Waals surface area contributed by atoms with Crippen molar-refractivity contribution in [3.8, 4) is 5.75 Å². The molecule has 0 aliphatic rings. The quantitative estimate of drug-likeness (QED) is 0.557. The molecule has 0 atom stereocenters. The van der Waals surface area contributed by atoms with Gasteiger partial charge in [0.15, 0.2) is 0 Å². The first-order valence-corrected chi connectivity index (χ1v) is 5.96. The second-order valence-electron chi connectivity index (χ2n) is 4.04. The van der Waals surface area contributed by atoms with Gasteiger partial charge in [0.05, 0.1) is 5.41 Å². The van der Waals surface area contributed by atoms with E-state index in [2.05, 4.69) is 0 Å². The minimum atomic E-state index is -0.324. The van der Waals surface area contributed by atoms with E-state index in [1.54, 1.807) is 0 Å². The van der Waals surface area contributed by atoms with E-state index in [4.69, 9.17) is 4.74 Å². The Bertz CT molecular complexity index is 318. The lowest BCUT2D eigenvalue weighted by molar-refractivity contribution is -0.146. The zero-order chi connectivity index (χ0) is 12.0. The number of carbonyl (C=O) groups excluding carboxylic acids is 1. The van der Waals surface area contributed by atoms with E-state index in [1.807, 2.05) is 51.1 Å². The maximum absolute atomic E-state index is 12.1. The molecule has 1 aromatic carbocycles. The third kappa shape index (κ3) is 2.63. The topological polar surface area (TPSA) is 26.3 Å². The Morgan fingerprint density at radius 3 is 2.00 bits per heavy atom. The van der Waals surface area contributed by atoms with Crippen molar-refractivity contribution in [2.24, 2.45) is 5.41 Å². The van der Waals surface area contributed by atoms with Gasteiger partial charge in [-0.1, -0.05) is 39.0 Å². The lowest BCUT2D eigenvalue weighted by atomic mass is 9.80. The predicted octanol–water partition coefficient (Wildman–Crippen LogP) is 3.81. The first-order chi connectivity index (χ1) is 7.68. The molecule has 16 heavy (non-hydrogen) atoms. The summed E-state index contributed by atoms with van der Waals surface area (Å²) in [6.45, 7) is 6.12. The van der Waals surface area contributed by atoms with Crippen LogP contribution in [0.25, 0.3) is 0 Å². The van der Waals surface area contributed by atoms with Crippen molar-refractivity contribution < 1.29 is 9.53 Å². The van der Waals surface area contributed by atoms with Crippen LogP contribution in [0.2, 0.25) is 0 Å². The van der Waals surface area contributed by atoms with Crippen molar-refractivity contribution in [2.75, 3.05) is 0 Å². The molecular formula is C14H20O2. The standard InChI is InChI=1S/C14H20O2/c1-4-14(5-2,6-3)13(15)16-12-10-8-7-9-11-12/h7-11H,4-6H2,1-3H3. The summed E-state index contributed by atoms with van der Waals surface area (Å²) in [5, 5.41) is 0. The van der Waals surface area contributed by atoms with Crippen LogP contribution in [-0.2, 0) is 4.79 Å². The van der Waals surface area contributed by atoms with Crippen molar-refractivity contribution >= 4 is 5.97 Å². The summed E-state index contributed by atoms with van der Waals surface area (Å²) in [5.74, 6) is 0.526. The van der Waals surface area contributed by atoms with Crippen LogP contribution in [0.15, 0.2) is 30.3 Å². The number of hydrogen-bond donors (Lipinski definition) is 0. The number of para-hydroxylation sites is 1. The van der Waals surface area contributed by atoms with Crippen LogP contribution >= 0.6 is 0 Å². The van der Waals surface area contributed by atoms with Gasteiger partial charge in [-0.2, -0.15) is 0 Å². The molecule has 0 bridgehead atoms. The van der Waals surface area contributed by atoms with E-state index in [1.165, 1.54) is 0 Å². The highest BCUT2D eigenvalue weighted by Crippen LogP contribution is 2.32. The van der Waals surface area contributed by atoms with Gasteiger partial charge in [0.1, 0.15) is 5.75 Å². The SMILES string of the molecule is CCC(CC)(CC)C(=O)Oc1ccccc1. The average Bonchev–Trinajstić information content (AvgIpc) is 2.33. The highest BCUT2D eigenvalue weighted by molar-refractivity contribution is 5.79. The molecule has 0 aromatic heterocycles. The smallest absolute Gasteiger partial charge is 0.317 e. The van der Waals surface area contributed by atoms with Gasteiger partial charge in [0, 0.05) is 0 Å². The molecule has 0 aliphatic carbocycles. The first kappa shape index (κ1) is 12.8. The third-order valence-electron chi connectivity index (χ3n) is 3.42. The fourth-order valence-corrected chi connectivity index (χ4v) is 1.89. The van der Waals surface area contributed by atoms with Crippen molar-refractivity contribution in [3.63, 3.8) is 0 Å². The summed E-state index contributed by atoms with van der Waals surface area (Å²) >= 11 is 0. The Balaban J connectivity index is 2.78. The van der Waals surface area contributed by atoms with Crippen molar-refractivity contribution in [3.05, 3.63) is 30.3 Å². The van der Waals surface area contributed by atoms with Gasteiger partial charge in [-0.3, -0.25) is 4.79 Å². The number of carbonyl (C=O) groups is 1. The highest BCUT2D eigenvalue weighted by Gasteiger charge is 2.34. The van der Waals surface area contributed by atoms with Crippen LogP contribution < -0.4 is 4.74 Å². The minimum absolute atomic E-state index is 0.105. The van der Waals surface area contributed by atoms with Gasteiger partial charge >= 0.3 is 5.97 Å². The Morgan fingerprint density at radius 1 is 1.06 bits per heavy atom. The third-order valence-corrected chi connectivity index (χ3v) is 3.42. The number of ether oxygens (including phenoxy) is 1. The maximum Gasteiger partial charge on any atom is 0.317 e. The number of hydrogen-bond acceptors (Lipinski definition) is 2. The van der Waals surface area contributed by atoms with Gasteiger partial charge in [0.2, 0.25) is 0 Å². The zero-order valence-corrected chi connectivity index (χ0v) is 10.3. The lowest BCUT2D eigenvalue weighted by Crippen LogP contribution is -2.33. The summed E-state index contributed by atoms with van der Waals surface area (Å²) in [7, 11) is 0. The number of esters is 1. The maximum atomic E-state index is 12.1. The van der Waals surface area contributed by atoms with E-state index in [9.17, 15) is 4.79 Å². The molecule has 0 heterocycles. The van der Waals surface area contributed by atoms with Gasteiger partial charge in [-0.05, 0) is 31.4 Å². The van der Waals surface area contributed by atoms with Crippen LogP contribution in [-0.4, -0.2) is 5.97 Å². The average molecular weight is 220 g/mol. The molecule has 0 unspecified atom stereocenters. The second kappa shape index (κ2) is 5.69. The van der Waals surface area contributed by atoms with Gasteiger partial charge < -0.3 is 4.74 Å². The largest absolute Gasteiger partial charge is 0.426 e. The Morgan fingerprint density at radius 2 is 1.56 bits per heavy atom. The molecule has 2 nitrogen and oxygen atoms in total. The molecule has 1 rings (SSSR count). The molecule has 88 valence electrons. The summed E-state index contributed by atoms with van der Waals surface area (Å²) in [4.78, 5) is 12.1. The van der Waals surface area contributed by atoms with E-state index >= 15 is 0 Å². The monoisotopic (exact) mass is 220 g/mol. The summed E-state index contributed by atoms with van der Waals surface area (Å²) in [5.41, 5.74) is -0.324. The van der Waals surface area contributed by atoms with Crippen LogP contribution in [0.5, 0.6) is 5.75 Å². The van der Waals surface area contributed by atoms with Crippen molar-refractivity contribution in [2.45, 2.75) is 40.0 Å². The Labute approximate surface area is 97.6 Å². The lowest BCUT2D eigenvalue weighted by Gasteiger charge is -2.27. The molecule has 2 heteroatoms. The summed E-state index contributed by atoms with van der Waals surface area (Å²) in [6, 6.07) is 9.26. The fraction of sp³-hybridized carbons (Fsp3) is 0.500. The Kier molecular flexibility index (Phi) is 4.53. The Hall–Kier alpha value is -1.31. The second-order valence-corrected chi connectivity index (χ2v) is 4.04. The van der Waals surface area contributed by atoms with Crippen LogP contribution in [0, 0.1) is 5.41 Å². The van der Waals surface area contributed by atoms with Gasteiger partial charge in [0.25, 0.3) is 0 Å². The van der Waals surface area contributed by atoms with Crippen LogP contribution in [0.3, 0.4) is 0 Å². The number of rotatable bonds is 5. The molecule has 1 aromatic rings. The predicted molar refractivity (Wildman–Crippen MR) is 65.4 cm³/mol. The molecule has 0 spiro atoms. The van der Waals surface area contributed by atoms with E-state index in [0.717, 1.165) is 19.3 Å². The summed E-state index contributed by atoms with van der Waals surface area (Å²) < 4.78 is 5.41. The van der Waals surface area contributed by atoms with Gasteiger partial charge in [-0.15, -0.1) is 0 Å². The van der Waals surface area contributed by atoms with Crippen LogP contribution in [0.4, 0.5) is 0 Å². The van der Waals surface area contributed by atoms with Gasteiger partial charge in [-0.25, -0.2) is 0 Å². The molecule has 0 fully saturated rings. The van der Waals surface area contributed by atoms with E-state index < -0.39 is 0 Å². The van der Waals surface area contributed by atoms with E-state index in [0.29, 0.717) is 5.75 Å². The minimum Gasteiger partial charge on any atom is -0.426 e. The highest BCUT2D eigenvalue weighted by atomic mass is 16.5. The van der Waals surface area contributed by atoms with Crippen molar-refractivity contribution in [1.82, 2.24) is 0 Å². The van der Waals surface area contributed by atoms with E-state index in [-0.39, 0.29) is 11.4 Å².